The van der Waals surface area contributed by atoms with E-state index in [0.717, 1.165) is 6.61 Å². The van der Waals surface area contributed by atoms with Crippen molar-refractivity contribution >= 4 is 15.6 Å². The van der Waals surface area contributed by atoms with Crippen LogP contribution in [-0.2, 0) is 3.79 Å². The van der Waals surface area contributed by atoms with Crippen molar-refractivity contribution in [1.29, 1.82) is 0 Å². The average molecular weight is 151 g/mol. The molecule has 1 nitrogen and oxygen atoms in total. The first kappa shape index (κ1) is 11.6. The smallest absolute Gasteiger partial charge is 1.00 e. The van der Waals surface area contributed by atoms with Crippen LogP contribution in [0.4, 0.5) is 0 Å². The van der Waals surface area contributed by atoms with E-state index in [1.54, 1.807) is 0 Å². The molecule has 3 heteroatoms. The Hall–Kier alpha value is 0.782. The van der Waals surface area contributed by atoms with E-state index in [2.05, 4.69) is 6.92 Å². The van der Waals surface area contributed by atoms with Gasteiger partial charge in [-0.25, -0.2) is 0 Å². The van der Waals surface area contributed by atoms with Crippen LogP contribution in [0.5, 0.6) is 0 Å². The van der Waals surface area contributed by atoms with Crippen molar-refractivity contribution in [2.45, 2.75) is 25.6 Å². The summed E-state index contributed by atoms with van der Waals surface area (Å²) in [6.07, 6.45) is 1.27. The number of halogens is 1. The summed E-state index contributed by atoms with van der Waals surface area (Å²) in [5, 5.41) is 1.29. The molecule has 0 spiro atoms. The van der Waals surface area contributed by atoms with Crippen molar-refractivity contribution in [3.05, 3.63) is 0 Å². The van der Waals surface area contributed by atoms with E-state index in [9.17, 15) is 0 Å². The van der Waals surface area contributed by atoms with Gasteiger partial charge in [-0.15, -0.1) is 0 Å². The minimum atomic E-state index is 0. The zero-order valence-corrected chi connectivity index (χ0v) is 7.40. The summed E-state index contributed by atoms with van der Waals surface area (Å²) in [5.74, 6) is 0. The summed E-state index contributed by atoms with van der Waals surface area (Å²) in [4.78, 5) is 0. The summed E-state index contributed by atoms with van der Waals surface area (Å²) < 4.78 is 5.16. The maximum Gasteiger partial charge on any atom is -1.00 e. The molecule has 8 heavy (non-hydrogen) atoms. The average Bonchev–Trinajstić information content (AvgIpc) is 1.69. The van der Waals surface area contributed by atoms with Gasteiger partial charge < -0.3 is 12.4 Å². The van der Waals surface area contributed by atoms with Gasteiger partial charge in [-0.05, 0) is 0 Å². The normalized spacial score (nSPS) is 7.25. The van der Waals surface area contributed by atoms with Crippen LogP contribution in [0.1, 0.15) is 20.3 Å². The van der Waals surface area contributed by atoms with Crippen LogP contribution in [0.25, 0.3) is 0 Å². The largest absolute Gasteiger partial charge is 1.00 e. The summed E-state index contributed by atoms with van der Waals surface area (Å²) in [5.41, 5.74) is 0. The maximum absolute atomic E-state index is 5.16. The van der Waals surface area contributed by atoms with E-state index in [1.165, 1.54) is 11.7 Å². The molecule has 0 amide bonds. The number of hydrogen-bond donors (Lipinski definition) is 0. The van der Waals surface area contributed by atoms with E-state index in [-0.39, 0.29) is 12.4 Å². The fourth-order valence-electron chi connectivity index (χ4n) is 0.319. The molecule has 0 rings (SSSR count). The van der Waals surface area contributed by atoms with Crippen molar-refractivity contribution in [2.24, 2.45) is 0 Å². The van der Waals surface area contributed by atoms with Crippen LogP contribution >= 0.6 is 0 Å². The molecule has 0 unspecified atom stereocenters. The van der Waals surface area contributed by atoms with Gasteiger partial charge >= 0.3 is 51.5 Å². The molecule has 0 aromatic carbocycles. The van der Waals surface area contributed by atoms with Crippen LogP contribution in [0, 0.1) is 0 Å². The second-order valence-electron chi connectivity index (χ2n) is 1.41. The van der Waals surface area contributed by atoms with Crippen molar-refractivity contribution in [1.82, 2.24) is 0 Å². The second kappa shape index (κ2) is 10.7. The standard InChI is InChI=1S/C3H7.C2H5O.Al.ClH/c1-3-2;1-2-3;;/h1,3H2,2H3;2H2,1H3;;1H/q;-1;+2;/p-1. The van der Waals surface area contributed by atoms with Gasteiger partial charge in [0, 0.05) is 0 Å². The van der Waals surface area contributed by atoms with E-state index in [1.807, 2.05) is 6.92 Å². The second-order valence-corrected chi connectivity index (χ2v) is 2.65. The molecule has 0 saturated carbocycles. The van der Waals surface area contributed by atoms with Crippen LogP contribution < -0.4 is 12.4 Å². The van der Waals surface area contributed by atoms with Crippen LogP contribution in [0.2, 0.25) is 5.28 Å². The predicted molar refractivity (Wildman–Crippen MR) is 32.5 cm³/mol. The van der Waals surface area contributed by atoms with Gasteiger partial charge in [-0.2, -0.15) is 0 Å². The van der Waals surface area contributed by atoms with Gasteiger partial charge in [-0.1, -0.05) is 0 Å². The van der Waals surface area contributed by atoms with Crippen LogP contribution in [-0.4, -0.2) is 22.2 Å². The maximum atomic E-state index is 5.16. The van der Waals surface area contributed by atoms with Crippen LogP contribution in [0.15, 0.2) is 0 Å². The molecule has 0 N–H and O–H groups in total. The Labute approximate surface area is 64.3 Å². The topological polar surface area (TPSA) is 9.23 Å². The summed E-state index contributed by atoms with van der Waals surface area (Å²) in [7, 11) is 0. The Kier molecular flexibility index (Phi) is 15.5. The van der Waals surface area contributed by atoms with Gasteiger partial charge in [-0.3, -0.25) is 0 Å². The van der Waals surface area contributed by atoms with Gasteiger partial charge in [0.05, 0.1) is 0 Å². The molecule has 0 bridgehead atoms. The number of hydrogen-bond acceptors (Lipinski definition) is 1. The van der Waals surface area contributed by atoms with Crippen molar-refractivity contribution < 1.29 is 16.2 Å². The van der Waals surface area contributed by atoms with Crippen molar-refractivity contribution in [3.63, 3.8) is 0 Å². The van der Waals surface area contributed by atoms with Gasteiger partial charge in [0.2, 0.25) is 0 Å². The molecule has 48 valence electrons. The van der Waals surface area contributed by atoms with Crippen LogP contribution in [0.3, 0.4) is 0 Å². The molecule has 0 aliphatic carbocycles. The molecule has 0 saturated heterocycles. The number of rotatable bonds is 4. The van der Waals surface area contributed by atoms with E-state index in [4.69, 9.17) is 3.79 Å². The third-order valence-corrected chi connectivity index (χ3v) is 2.07. The molecule has 0 aliphatic rings. The third kappa shape index (κ3) is 9.92. The molecule has 0 aliphatic heterocycles. The molecule has 0 aromatic rings. The first-order chi connectivity index (χ1) is 3.41. The van der Waals surface area contributed by atoms with Crippen molar-refractivity contribution in [2.75, 3.05) is 6.61 Å². The molecule has 0 aromatic heterocycles. The quantitative estimate of drug-likeness (QED) is 0.349. The Bertz CT molecular complexity index is 31.6. The van der Waals surface area contributed by atoms with E-state index in [0.29, 0.717) is 15.6 Å². The Morgan fingerprint density at radius 1 is 1.38 bits per heavy atom. The minimum Gasteiger partial charge on any atom is -1.00 e. The monoisotopic (exact) mass is 150 g/mol. The first-order valence-corrected chi connectivity index (χ1v) is 4.13. The summed E-state index contributed by atoms with van der Waals surface area (Å²) in [6.45, 7) is 5.13. The zero-order chi connectivity index (χ0) is 5.54. The Balaban J connectivity index is 0. The summed E-state index contributed by atoms with van der Waals surface area (Å²) >= 11 is 0.322. The van der Waals surface area contributed by atoms with Crippen molar-refractivity contribution in [3.8, 4) is 0 Å². The van der Waals surface area contributed by atoms with Gasteiger partial charge in [0.25, 0.3) is 0 Å². The Morgan fingerprint density at radius 3 is 2.38 bits per heavy atom. The van der Waals surface area contributed by atoms with Gasteiger partial charge in [0.15, 0.2) is 0 Å². The fourth-order valence-corrected chi connectivity index (χ4v) is 0.957. The molecular weight excluding hydrogens is 138 g/mol. The Morgan fingerprint density at radius 2 is 2.00 bits per heavy atom. The van der Waals surface area contributed by atoms with E-state index < -0.39 is 0 Å². The predicted octanol–water partition coefficient (Wildman–Crippen LogP) is -1.53. The summed E-state index contributed by atoms with van der Waals surface area (Å²) in [6, 6.07) is 0. The molecule has 0 atom stereocenters. The van der Waals surface area contributed by atoms with E-state index >= 15 is 0 Å². The fraction of sp³-hybridized carbons (Fsp3) is 1.00. The SMILES string of the molecule is CC[CH2][Al+][O]CC.[Cl-]. The van der Waals surface area contributed by atoms with Gasteiger partial charge in [0.1, 0.15) is 0 Å². The molecule has 0 fully saturated rings. The molecular formula is C5H12AlClO. The first-order valence-electron chi connectivity index (χ1n) is 2.85. The zero-order valence-electron chi connectivity index (χ0n) is 5.48. The third-order valence-electron chi connectivity index (χ3n) is 0.691. The minimum absolute atomic E-state index is 0. The molecule has 0 radical (unpaired) electrons. The molecule has 0 heterocycles.